The minimum atomic E-state index is 0.205. The summed E-state index contributed by atoms with van der Waals surface area (Å²) in [4.78, 5) is 4.48. The van der Waals surface area contributed by atoms with Gasteiger partial charge in [0.1, 0.15) is 0 Å². The maximum absolute atomic E-state index is 4.48. The van der Waals surface area contributed by atoms with Crippen LogP contribution in [0.15, 0.2) is 36.5 Å². The Morgan fingerprint density at radius 2 is 2.00 bits per heavy atom. The number of fused-ring (bicyclic) bond motifs is 1. The van der Waals surface area contributed by atoms with Crippen LogP contribution in [0, 0.1) is 5.41 Å². The zero-order valence-corrected chi connectivity index (χ0v) is 12.7. The molecule has 2 heterocycles. The summed E-state index contributed by atoms with van der Waals surface area (Å²) in [5.41, 5.74) is 2.98. The monoisotopic (exact) mass is 268 g/mol. The second-order valence-electron chi connectivity index (χ2n) is 7.03. The summed E-state index contributed by atoms with van der Waals surface area (Å²) >= 11 is 0. The summed E-state index contributed by atoms with van der Waals surface area (Å²) < 4.78 is 0. The highest BCUT2D eigenvalue weighted by Gasteiger charge is 2.43. The molecule has 1 N–H and O–H groups in total. The molecule has 0 aliphatic carbocycles. The number of hydrogen-bond donors (Lipinski definition) is 1. The number of nitrogens with zero attached hydrogens (tertiary/aromatic N) is 1. The van der Waals surface area contributed by atoms with Gasteiger partial charge in [0.25, 0.3) is 0 Å². The molecule has 1 aliphatic heterocycles. The van der Waals surface area contributed by atoms with E-state index in [0.717, 1.165) is 18.5 Å². The van der Waals surface area contributed by atoms with Crippen LogP contribution in [0.4, 0.5) is 0 Å². The van der Waals surface area contributed by atoms with Crippen LogP contribution in [-0.2, 0) is 6.42 Å². The number of rotatable bonds is 2. The van der Waals surface area contributed by atoms with Gasteiger partial charge >= 0.3 is 0 Å². The van der Waals surface area contributed by atoms with Gasteiger partial charge < -0.3 is 5.32 Å². The predicted octanol–water partition coefficient (Wildman–Crippen LogP) is 3.95. The lowest BCUT2D eigenvalue weighted by Gasteiger charge is -2.43. The lowest BCUT2D eigenvalue weighted by molar-refractivity contribution is 0.160. The maximum Gasteiger partial charge on any atom is 0.0704 e. The van der Waals surface area contributed by atoms with Gasteiger partial charge in [0.05, 0.1) is 5.52 Å². The maximum atomic E-state index is 4.48. The Bertz CT molecular complexity index is 599. The lowest BCUT2D eigenvalue weighted by atomic mass is 9.69. The molecule has 1 fully saturated rings. The first-order valence-electron chi connectivity index (χ1n) is 7.60. The molecular formula is C18H24N2. The van der Waals surface area contributed by atoms with E-state index >= 15 is 0 Å². The Balaban J connectivity index is 2.04. The largest absolute Gasteiger partial charge is 0.310 e. The van der Waals surface area contributed by atoms with Crippen LogP contribution >= 0.6 is 0 Å². The van der Waals surface area contributed by atoms with Crippen molar-refractivity contribution in [2.24, 2.45) is 5.41 Å². The molecule has 0 spiro atoms. The second-order valence-corrected chi connectivity index (χ2v) is 7.03. The highest BCUT2D eigenvalue weighted by Crippen LogP contribution is 2.40. The van der Waals surface area contributed by atoms with Crippen LogP contribution in [0.3, 0.4) is 0 Å². The van der Waals surface area contributed by atoms with E-state index in [0.29, 0.717) is 0 Å². The van der Waals surface area contributed by atoms with E-state index in [1.807, 2.05) is 6.20 Å². The number of nitrogens with one attached hydrogen (secondary N) is 1. The van der Waals surface area contributed by atoms with Gasteiger partial charge in [-0.15, -0.1) is 0 Å². The molecule has 1 aliphatic rings. The molecule has 1 aromatic carbocycles. The summed E-state index contributed by atoms with van der Waals surface area (Å²) in [7, 11) is 0. The average Bonchev–Trinajstić information content (AvgIpc) is 2.89. The second kappa shape index (κ2) is 4.85. The zero-order chi connectivity index (χ0) is 14.2. The topological polar surface area (TPSA) is 24.9 Å². The molecular weight excluding hydrogens is 244 g/mol. The Morgan fingerprint density at radius 1 is 1.20 bits per heavy atom. The molecule has 0 bridgehead atoms. The number of benzene rings is 1. The van der Waals surface area contributed by atoms with Gasteiger partial charge in [0.2, 0.25) is 0 Å². The number of hydrogen-bond acceptors (Lipinski definition) is 2. The van der Waals surface area contributed by atoms with Crippen LogP contribution in [0.25, 0.3) is 10.9 Å². The van der Waals surface area contributed by atoms with Gasteiger partial charge in [-0.1, -0.05) is 39.0 Å². The highest BCUT2D eigenvalue weighted by molar-refractivity contribution is 5.82. The van der Waals surface area contributed by atoms with E-state index in [4.69, 9.17) is 0 Å². The first kappa shape index (κ1) is 13.6. The molecule has 1 aromatic heterocycles. The van der Waals surface area contributed by atoms with Crippen LogP contribution in [0.2, 0.25) is 0 Å². The van der Waals surface area contributed by atoms with Crippen molar-refractivity contribution < 1.29 is 0 Å². The normalized spacial score (nSPS) is 23.4. The smallest absolute Gasteiger partial charge is 0.0704 e. The molecule has 1 atom stereocenters. The molecule has 0 saturated carbocycles. The first-order valence-corrected chi connectivity index (χ1v) is 7.60. The number of aromatic nitrogens is 1. The third kappa shape index (κ3) is 2.22. The third-order valence-electron chi connectivity index (χ3n) is 4.91. The summed E-state index contributed by atoms with van der Waals surface area (Å²) in [6.45, 7) is 8.21. The molecule has 3 rings (SSSR count). The number of pyridine rings is 1. The Kier molecular flexibility index (Phi) is 3.29. The SMILES string of the molecule is CC(C)(C)C1(Cc2ccnc3ccccc23)CCCN1. The molecule has 0 amide bonds. The van der Waals surface area contributed by atoms with Crippen molar-refractivity contribution in [3.8, 4) is 0 Å². The van der Waals surface area contributed by atoms with Crippen LogP contribution < -0.4 is 5.32 Å². The van der Waals surface area contributed by atoms with Gasteiger partial charge in [-0.2, -0.15) is 0 Å². The van der Waals surface area contributed by atoms with Crippen LogP contribution in [0.5, 0.6) is 0 Å². The molecule has 2 aromatic rings. The fourth-order valence-electron chi connectivity index (χ4n) is 3.50. The van der Waals surface area contributed by atoms with Gasteiger partial charge in [0, 0.05) is 17.1 Å². The zero-order valence-electron chi connectivity index (χ0n) is 12.7. The summed E-state index contributed by atoms with van der Waals surface area (Å²) in [5.74, 6) is 0. The summed E-state index contributed by atoms with van der Waals surface area (Å²) in [6, 6.07) is 10.7. The van der Waals surface area contributed by atoms with Crippen molar-refractivity contribution >= 4 is 10.9 Å². The minimum absolute atomic E-state index is 0.205. The Morgan fingerprint density at radius 3 is 2.70 bits per heavy atom. The summed E-state index contributed by atoms with van der Waals surface area (Å²) in [6.07, 6.45) is 5.57. The van der Waals surface area contributed by atoms with Gasteiger partial charge in [-0.25, -0.2) is 0 Å². The lowest BCUT2D eigenvalue weighted by Crippen LogP contribution is -2.52. The molecule has 106 valence electrons. The number of para-hydroxylation sites is 1. The van der Waals surface area contributed by atoms with Gasteiger partial charge in [0.15, 0.2) is 0 Å². The van der Waals surface area contributed by atoms with E-state index < -0.39 is 0 Å². The standard InChI is InChI=1S/C18H24N2/c1-17(2,3)18(10-6-11-20-18)13-14-9-12-19-16-8-5-4-7-15(14)16/h4-5,7-9,12,20H,6,10-11,13H2,1-3H3. The fourth-order valence-corrected chi connectivity index (χ4v) is 3.50. The van der Waals surface area contributed by atoms with E-state index in [2.05, 4.69) is 61.4 Å². The minimum Gasteiger partial charge on any atom is -0.310 e. The van der Waals surface area contributed by atoms with Crippen LogP contribution in [0.1, 0.15) is 39.2 Å². The molecule has 1 unspecified atom stereocenters. The molecule has 2 heteroatoms. The van der Waals surface area contributed by atoms with E-state index in [9.17, 15) is 0 Å². The van der Waals surface area contributed by atoms with Crippen molar-refractivity contribution in [3.05, 3.63) is 42.1 Å². The van der Waals surface area contributed by atoms with Crippen molar-refractivity contribution in [2.45, 2.75) is 45.6 Å². The molecule has 20 heavy (non-hydrogen) atoms. The quantitative estimate of drug-likeness (QED) is 0.892. The average molecular weight is 268 g/mol. The predicted molar refractivity (Wildman–Crippen MR) is 84.9 cm³/mol. The van der Waals surface area contributed by atoms with Gasteiger partial charge in [-0.3, -0.25) is 4.98 Å². The third-order valence-corrected chi connectivity index (χ3v) is 4.91. The highest BCUT2D eigenvalue weighted by atomic mass is 15.0. The van der Waals surface area contributed by atoms with Crippen molar-refractivity contribution in [3.63, 3.8) is 0 Å². The van der Waals surface area contributed by atoms with Crippen molar-refractivity contribution in [1.29, 1.82) is 0 Å². The molecule has 2 nitrogen and oxygen atoms in total. The van der Waals surface area contributed by atoms with Gasteiger partial charge in [-0.05, 0) is 48.9 Å². The van der Waals surface area contributed by atoms with E-state index in [1.54, 1.807) is 0 Å². The first-order chi connectivity index (χ1) is 9.52. The fraction of sp³-hybridized carbons (Fsp3) is 0.500. The van der Waals surface area contributed by atoms with Crippen molar-refractivity contribution in [2.75, 3.05) is 6.54 Å². The van der Waals surface area contributed by atoms with E-state index in [1.165, 1.54) is 23.8 Å². The summed E-state index contributed by atoms with van der Waals surface area (Å²) in [5, 5.41) is 5.10. The van der Waals surface area contributed by atoms with Crippen molar-refractivity contribution in [1.82, 2.24) is 10.3 Å². The molecule has 0 radical (unpaired) electrons. The molecule has 1 saturated heterocycles. The Hall–Kier alpha value is -1.41. The Labute approximate surface area is 121 Å². The van der Waals surface area contributed by atoms with E-state index in [-0.39, 0.29) is 11.0 Å². The van der Waals surface area contributed by atoms with Crippen LogP contribution in [-0.4, -0.2) is 17.1 Å².